The van der Waals surface area contributed by atoms with Crippen LogP contribution in [0.25, 0.3) is 6.08 Å². The third-order valence-electron chi connectivity index (χ3n) is 4.28. The third-order valence-corrected chi connectivity index (χ3v) is 4.28. The van der Waals surface area contributed by atoms with E-state index in [1.165, 1.54) is 13.0 Å². The molecule has 134 valence electrons. The summed E-state index contributed by atoms with van der Waals surface area (Å²) in [7, 11) is 0. The highest BCUT2D eigenvalue weighted by atomic mass is 16.5. The molecule has 0 radical (unpaired) electrons. The third kappa shape index (κ3) is 4.72. The summed E-state index contributed by atoms with van der Waals surface area (Å²) in [5.41, 5.74) is 2.78. The number of hydrogen-bond acceptors (Lipinski definition) is 4. The van der Waals surface area contributed by atoms with Crippen LogP contribution in [-0.2, 0) is 20.9 Å². The first-order valence-corrected chi connectivity index (χ1v) is 8.67. The number of aromatic nitrogens is 1. The summed E-state index contributed by atoms with van der Waals surface area (Å²) >= 11 is 0. The highest BCUT2D eigenvalue weighted by molar-refractivity contribution is 5.99. The molecule has 1 amide bonds. The Morgan fingerprint density at radius 2 is 2.16 bits per heavy atom. The molecule has 6 nitrogen and oxygen atoms in total. The molecule has 0 unspecified atom stereocenters. The SMILES string of the molecule is CCCn1c(C)cc(/C=C(\C#N)C(=O)O[C@@H](C)C(=O)NC2CC2)c1C. The molecule has 0 spiro atoms. The summed E-state index contributed by atoms with van der Waals surface area (Å²) in [6.45, 7) is 8.45. The highest BCUT2D eigenvalue weighted by Crippen LogP contribution is 2.20. The molecule has 1 saturated carbocycles. The summed E-state index contributed by atoms with van der Waals surface area (Å²) in [5.74, 6) is -1.10. The molecule has 6 heteroatoms. The number of aryl methyl sites for hydroxylation is 1. The van der Waals surface area contributed by atoms with Crippen molar-refractivity contribution in [2.24, 2.45) is 0 Å². The van der Waals surface area contributed by atoms with Gasteiger partial charge in [0.15, 0.2) is 6.10 Å². The second-order valence-electron chi connectivity index (χ2n) is 6.48. The number of rotatable bonds is 7. The fraction of sp³-hybridized carbons (Fsp3) is 0.526. The molecule has 0 aliphatic heterocycles. The molecule has 1 aromatic heterocycles. The fourth-order valence-corrected chi connectivity index (χ4v) is 2.66. The normalized spacial score (nSPS) is 15.4. The Morgan fingerprint density at radius 1 is 1.48 bits per heavy atom. The highest BCUT2D eigenvalue weighted by Gasteiger charge is 2.27. The lowest BCUT2D eigenvalue weighted by atomic mass is 10.1. The van der Waals surface area contributed by atoms with Gasteiger partial charge in [0, 0.05) is 24.0 Å². The van der Waals surface area contributed by atoms with E-state index in [0.717, 1.165) is 42.8 Å². The Bertz CT molecular complexity index is 736. The quantitative estimate of drug-likeness (QED) is 0.468. The van der Waals surface area contributed by atoms with Crippen molar-refractivity contribution in [3.8, 4) is 6.07 Å². The van der Waals surface area contributed by atoms with Crippen LogP contribution in [0, 0.1) is 25.2 Å². The van der Waals surface area contributed by atoms with E-state index in [2.05, 4.69) is 16.8 Å². The van der Waals surface area contributed by atoms with Gasteiger partial charge in [0.25, 0.3) is 5.91 Å². The van der Waals surface area contributed by atoms with Crippen molar-refractivity contribution in [1.82, 2.24) is 9.88 Å². The number of hydrogen-bond donors (Lipinski definition) is 1. The summed E-state index contributed by atoms with van der Waals surface area (Å²) in [6.07, 6.45) is 3.53. The standard InChI is InChI=1S/C19H25N3O3/c1-5-8-22-12(2)9-15(13(22)3)10-16(11-20)19(24)25-14(4)18(23)21-17-6-7-17/h9-10,14,17H,5-8H2,1-4H3,(H,21,23)/b16-10+/t14-/m0/s1. The van der Waals surface area contributed by atoms with Crippen LogP contribution in [-0.4, -0.2) is 28.6 Å². The van der Waals surface area contributed by atoms with Crippen molar-refractivity contribution in [1.29, 1.82) is 5.26 Å². The molecular formula is C19H25N3O3. The van der Waals surface area contributed by atoms with E-state index in [1.807, 2.05) is 26.0 Å². The lowest BCUT2D eigenvalue weighted by molar-refractivity contribution is -0.150. The van der Waals surface area contributed by atoms with Crippen LogP contribution in [0.3, 0.4) is 0 Å². The molecular weight excluding hydrogens is 318 g/mol. The zero-order chi connectivity index (χ0) is 18.6. The molecule has 1 heterocycles. The average molecular weight is 343 g/mol. The molecule has 0 saturated heterocycles. The predicted molar refractivity (Wildman–Crippen MR) is 94.5 cm³/mol. The van der Waals surface area contributed by atoms with E-state index in [4.69, 9.17) is 4.74 Å². The molecule has 1 atom stereocenters. The number of nitrogens with zero attached hydrogens (tertiary/aromatic N) is 2. The molecule has 1 fully saturated rings. The van der Waals surface area contributed by atoms with Crippen molar-refractivity contribution in [2.75, 3.05) is 0 Å². The minimum Gasteiger partial charge on any atom is -0.448 e. The second kappa shape index (κ2) is 8.02. The van der Waals surface area contributed by atoms with E-state index in [0.29, 0.717) is 0 Å². The van der Waals surface area contributed by atoms with Crippen LogP contribution in [0.2, 0.25) is 0 Å². The van der Waals surface area contributed by atoms with Gasteiger partial charge in [-0.15, -0.1) is 0 Å². The Balaban J connectivity index is 2.11. The van der Waals surface area contributed by atoms with Crippen molar-refractivity contribution in [3.05, 3.63) is 28.6 Å². The van der Waals surface area contributed by atoms with Crippen molar-refractivity contribution in [2.45, 2.75) is 65.6 Å². The number of carbonyl (C=O) groups is 2. The van der Waals surface area contributed by atoms with Crippen molar-refractivity contribution in [3.63, 3.8) is 0 Å². The van der Waals surface area contributed by atoms with E-state index in [-0.39, 0.29) is 17.5 Å². The first-order chi connectivity index (χ1) is 11.9. The number of ether oxygens (including phenoxy) is 1. The maximum atomic E-state index is 12.2. The van der Waals surface area contributed by atoms with Gasteiger partial charge in [-0.2, -0.15) is 5.26 Å². The van der Waals surface area contributed by atoms with Gasteiger partial charge in [-0.05, 0) is 57.7 Å². The summed E-state index contributed by atoms with van der Waals surface area (Å²) < 4.78 is 7.29. The fourth-order valence-electron chi connectivity index (χ4n) is 2.66. The van der Waals surface area contributed by atoms with Crippen molar-refractivity contribution < 1.29 is 14.3 Å². The largest absolute Gasteiger partial charge is 0.448 e. The minimum atomic E-state index is -0.919. The monoisotopic (exact) mass is 343 g/mol. The Labute approximate surface area is 148 Å². The Hall–Kier alpha value is -2.55. The zero-order valence-corrected chi connectivity index (χ0v) is 15.3. The Kier molecular flexibility index (Phi) is 6.02. The van der Waals surface area contributed by atoms with Crippen LogP contribution in [0.15, 0.2) is 11.6 Å². The van der Waals surface area contributed by atoms with E-state index in [9.17, 15) is 14.9 Å². The van der Waals surface area contributed by atoms with Crippen LogP contribution in [0.5, 0.6) is 0 Å². The molecule has 1 N–H and O–H groups in total. The van der Waals surface area contributed by atoms with E-state index < -0.39 is 12.1 Å². The topological polar surface area (TPSA) is 84.1 Å². The van der Waals surface area contributed by atoms with Crippen LogP contribution < -0.4 is 5.32 Å². The van der Waals surface area contributed by atoms with Gasteiger partial charge in [0.2, 0.25) is 0 Å². The molecule has 1 aliphatic carbocycles. The first-order valence-electron chi connectivity index (χ1n) is 8.67. The lowest BCUT2D eigenvalue weighted by Crippen LogP contribution is -2.37. The van der Waals surface area contributed by atoms with Gasteiger partial charge >= 0.3 is 5.97 Å². The second-order valence-corrected chi connectivity index (χ2v) is 6.48. The maximum absolute atomic E-state index is 12.2. The van der Waals surface area contributed by atoms with E-state index >= 15 is 0 Å². The van der Waals surface area contributed by atoms with Gasteiger partial charge in [-0.1, -0.05) is 6.92 Å². The molecule has 1 aromatic rings. The number of nitriles is 1. The van der Waals surface area contributed by atoms with E-state index in [1.54, 1.807) is 0 Å². The van der Waals surface area contributed by atoms with Crippen molar-refractivity contribution >= 4 is 18.0 Å². The number of amides is 1. The lowest BCUT2D eigenvalue weighted by Gasteiger charge is -2.12. The summed E-state index contributed by atoms with van der Waals surface area (Å²) in [6, 6.07) is 4.02. The number of esters is 1. The molecule has 1 aliphatic rings. The van der Waals surface area contributed by atoms with Crippen LogP contribution >= 0.6 is 0 Å². The molecule has 0 aromatic carbocycles. The van der Waals surface area contributed by atoms with Crippen LogP contribution in [0.4, 0.5) is 0 Å². The first kappa shape index (κ1) is 18.8. The average Bonchev–Trinajstić information content (AvgIpc) is 3.34. The summed E-state index contributed by atoms with van der Waals surface area (Å²) in [4.78, 5) is 24.1. The van der Waals surface area contributed by atoms with Gasteiger partial charge in [0.1, 0.15) is 11.6 Å². The van der Waals surface area contributed by atoms with Crippen LogP contribution in [0.1, 0.15) is 50.1 Å². The van der Waals surface area contributed by atoms with Gasteiger partial charge in [-0.3, -0.25) is 4.79 Å². The number of nitrogens with one attached hydrogen (secondary N) is 1. The molecule has 25 heavy (non-hydrogen) atoms. The minimum absolute atomic E-state index is 0.108. The van der Waals surface area contributed by atoms with Gasteiger partial charge in [-0.25, -0.2) is 4.79 Å². The maximum Gasteiger partial charge on any atom is 0.349 e. The molecule has 2 rings (SSSR count). The van der Waals surface area contributed by atoms with Gasteiger partial charge < -0.3 is 14.6 Å². The Morgan fingerprint density at radius 3 is 2.72 bits per heavy atom. The smallest absolute Gasteiger partial charge is 0.349 e. The summed E-state index contributed by atoms with van der Waals surface area (Å²) in [5, 5.41) is 12.1. The molecule has 0 bridgehead atoms. The van der Waals surface area contributed by atoms with Gasteiger partial charge in [0.05, 0.1) is 0 Å². The number of carbonyl (C=O) groups excluding carboxylic acids is 2. The predicted octanol–water partition coefficient (Wildman–Crippen LogP) is 2.63. The zero-order valence-electron chi connectivity index (χ0n) is 15.3.